The van der Waals surface area contributed by atoms with Gasteiger partial charge in [-0.2, -0.15) is 0 Å². The molecule has 0 unspecified atom stereocenters. The topological polar surface area (TPSA) is 84.9 Å². The van der Waals surface area contributed by atoms with Gasteiger partial charge in [-0.05, 0) is 29.8 Å². The molecular formula is C25H24N2O5S. The molecule has 170 valence electrons. The zero-order valence-corrected chi connectivity index (χ0v) is 18.7. The minimum Gasteiger partial charge on any atom is -0.489 e. The van der Waals surface area contributed by atoms with Gasteiger partial charge in [-0.15, -0.1) is 0 Å². The van der Waals surface area contributed by atoms with Crippen LogP contribution in [0, 0.1) is 0 Å². The van der Waals surface area contributed by atoms with Crippen molar-refractivity contribution in [2.24, 2.45) is 0 Å². The van der Waals surface area contributed by atoms with Crippen molar-refractivity contribution in [3.8, 4) is 11.5 Å². The number of nitrogens with zero attached hydrogens (tertiary/aromatic N) is 1. The van der Waals surface area contributed by atoms with Gasteiger partial charge in [0.2, 0.25) is 10.0 Å². The number of fused-ring (bicyclic) bond motifs is 1. The van der Waals surface area contributed by atoms with Gasteiger partial charge >= 0.3 is 0 Å². The highest BCUT2D eigenvalue weighted by Gasteiger charge is 2.36. The number of rotatable bonds is 8. The van der Waals surface area contributed by atoms with E-state index >= 15 is 0 Å². The molecule has 0 bridgehead atoms. The van der Waals surface area contributed by atoms with Gasteiger partial charge in [0, 0.05) is 11.8 Å². The third-order valence-corrected chi connectivity index (χ3v) is 6.74. The first-order valence-corrected chi connectivity index (χ1v) is 12.0. The SMILES string of the molecule is C=CCOc1cccc(NC(=O)[C@@H]2CN(S(=O)(=O)Cc3ccccc3)c3ccccc3O2)c1. The van der Waals surface area contributed by atoms with E-state index in [1.807, 2.05) is 6.07 Å². The number of ether oxygens (including phenoxy) is 2. The molecule has 4 rings (SSSR count). The van der Waals surface area contributed by atoms with Crippen LogP contribution in [0.1, 0.15) is 5.56 Å². The number of carbonyl (C=O) groups excluding carboxylic acids is 1. The Balaban J connectivity index is 1.56. The molecule has 3 aromatic rings. The molecule has 1 aliphatic rings. The fourth-order valence-corrected chi connectivity index (χ4v) is 5.09. The third kappa shape index (κ3) is 5.35. The van der Waals surface area contributed by atoms with Crippen LogP contribution in [0.5, 0.6) is 11.5 Å². The monoisotopic (exact) mass is 464 g/mol. The van der Waals surface area contributed by atoms with Crippen molar-refractivity contribution in [1.29, 1.82) is 0 Å². The number of hydrogen-bond donors (Lipinski definition) is 1. The molecule has 33 heavy (non-hydrogen) atoms. The molecule has 1 atom stereocenters. The van der Waals surface area contributed by atoms with Crippen LogP contribution in [0.4, 0.5) is 11.4 Å². The summed E-state index contributed by atoms with van der Waals surface area (Å²) in [4.78, 5) is 13.0. The first-order chi connectivity index (χ1) is 16.0. The summed E-state index contributed by atoms with van der Waals surface area (Å²) >= 11 is 0. The Kier molecular flexibility index (Phi) is 6.65. The van der Waals surface area contributed by atoms with E-state index in [1.54, 1.807) is 78.9 Å². The molecule has 0 saturated heterocycles. The largest absolute Gasteiger partial charge is 0.489 e. The molecule has 3 aromatic carbocycles. The van der Waals surface area contributed by atoms with E-state index in [-0.39, 0.29) is 12.3 Å². The van der Waals surface area contributed by atoms with Crippen LogP contribution in [0.3, 0.4) is 0 Å². The third-order valence-electron chi connectivity index (χ3n) is 5.02. The minimum atomic E-state index is -3.76. The number of sulfonamides is 1. The number of benzene rings is 3. The lowest BCUT2D eigenvalue weighted by atomic mass is 10.2. The lowest BCUT2D eigenvalue weighted by Crippen LogP contribution is -2.49. The molecule has 7 nitrogen and oxygen atoms in total. The number of carbonyl (C=O) groups is 1. The number of hydrogen-bond acceptors (Lipinski definition) is 5. The summed E-state index contributed by atoms with van der Waals surface area (Å²) in [6.07, 6.45) is 0.603. The number of nitrogens with one attached hydrogen (secondary N) is 1. The minimum absolute atomic E-state index is 0.134. The molecule has 0 spiro atoms. The number of para-hydroxylation sites is 2. The van der Waals surface area contributed by atoms with Gasteiger partial charge in [0.05, 0.1) is 18.0 Å². The van der Waals surface area contributed by atoms with Gasteiger partial charge in [-0.3, -0.25) is 9.10 Å². The second-order valence-electron chi connectivity index (χ2n) is 7.46. The average molecular weight is 465 g/mol. The Hall–Kier alpha value is -3.78. The summed E-state index contributed by atoms with van der Waals surface area (Å²) in [5, 5.41) is 2.79. The molecule has 1 amide bonds. The second-order valence-corrected chi connectivity index (χ2v) is 9.36. The van der Waals surface area contributed by atoms with E-state index in [0.717, 1.165) is 0 Å². The second kappa shape index (κ2) is 9.79. The summed E-state index contributed by atoms with van der Waals surface area (Å²) in [5.41, 5.74) is 1.60. The number of amides is 1. The molecule has 0 fully saturated rings. The zero-order chi connectivity index (χ0) is 23.3. The Morgan fingerprint density at radius 1 is 1.09 bits per heavy atom. The predicted octanol–water partition coefficient (Wildman–Crippen LogP) is 3.99. The summed E-state index contributed by atoms with van der Waals surface area (Å²) in [7, 11) is -3.76. The molecular weight excluding hydrogens is 440 g/mol. The van der Waals surface area contributed by atoms with Crippen LogP contribution in [-0.4, -0.2) is 33.6 Å². The maximum absolute atomic E-state index is 13.3. The standard InChI is InChI=1S/C25H24N2O5S/c1-2-15-31-21-12-8-11-20(16-21)26-25(28)24-17-27(22-13-6-7-14-23(22)32-24)33(29,30)18-19-9-4-3-5-10-19/h2-14,16,24H,1,15,17-18H2,(H,26,28)/t24-/m0/s1. The van der Waals surface area contributed by atoms with Crippen molar-refractivity contribution >= 4 is 27.3 Å². The van der Waals surface area contributed by atoms with E-state index < -0.39 is 22.0 Å². The van der Waals surface area contributed by atoms with Crippen molar-refractivity contribution in [1.82, 2.24) is 0 Å². The van der Waals surface area contributed by atoms with Crippen molar-refractivity contribution < 1.29 is 22.7 Å². The lowest BCUT2D eigenvalue weighted by molar-refractivity contribution is -0.122. The highest BCUT2D eigenvalue weighted by Crippen LogP contribution is 2.36. The highest BCUT2D eigenvalue weighted by molar-refractivity contribution is 7.92. The van der Waals surface area contributed by atoms with E-state index in [2.05, 4.69) is 11.9 Å². The highest BCUT2D eigenvalue weighted by atomic mass is 32.2. The van der Waals surface area contributed by atoms with E-state index in [0.29, 0.717) is 35.0 Å². The first-order valence-electron chi connectivity index (χ1n) is 10.4. The van der Waals surface area contributed by atoms with Gasteiger partial charge in [0.25, 0.3) is 5.91 Å². The molecule has 0 radical (unpaired) electrons. The molecule has 1 aliphatic heterocycles. The van der Waals surface area contributed by atoms with E-state index in [4.69, 9.17) is 9.47 Å². The Bertz CT molecular complexity index is 1240. The summed E-state index contributed by atoms with van der Waals surface area (Å²) in [6, 6.07) is 22.7. The average Bonchev–Trinajstić information content (AvgIpc) is 2.82. The van der Waals surface area contributed by atoms with Gasteiger partial charge in [-0.25, -0.2) is 8.42 Å². The van der Waals surface area contributed by atoms with Gasteiger partial charge in [0.1, 0.15) is 18.1 Å². The van der Waals surface area contributed by atoms with Gasteiger partial charge < -0.3 is 14.8 Å². The van der Waals surface area contributed by atoms with Crippen LogP contribution >= 0.6 is 0 Å². The van der Waals surface area contributed by atoms with Crippen LogP contribution in [0.15, 0.2) is 91.5 Å². The normalized spacial score (nSPS) is 15.2. The molecule has 1 heterocycles. The van der Waals surface area contributed by atoms with Crippen LogP contribution in [0.25, 0.3) is 0 Å². The zero-order valence-electron chi connectivity index (χ0n) is 17.9. The molecule has 1 N–H and O–H groups in total. The predicted molar refractivity (Wildman–Crippen MR) is 128 cm³/mol. The van der Waals surface area contributed by atoms with Crippen molar-refractivity contribution in [2.45, 2.75) is 11.9 Å². The van der Waals surface area contributed by atoms with E-state index in [9.17, 15) is 13.2 Å². The fourth-order valence-electron chi connectivity index (χ4n) is 3.51. The molecule has 0 saturated carbocycles. The molecule has 0 aliphatic carbocycles. The van der Waals surface area contributed by atoms with Crippen LogP contribution in [-0.2, 0) is 20.6 Å². The van der Waals surface area contributed by atoms with Crippen LogP contribution in [0.2, 0.25) is 0 Å². The van der Waals surface area contributed by atoms with Gasteiger partial charge in [-0.1, -0.05) is 61.2 Å². The van der Waals surface area contributed by atoms with Crippen molar-refractivity contribution in [3.63, 3.8) is 0 Å². The Labute approximate surface area is 193 Å². The first kappa shape index (κ1) is 22.4. The van der Waals surface area contributed by atoms with Crippen LogP contribution < -0.4 is 19.1 Å². The fraction of sp³-hybridized carbons (Fsp3) is 0.160. The molecule has 8 heteroatoms. The number of anilines is 2. The summed E-state index contributed by atoms with van der Waals surface area (Å²) in [5.74, 6) is 0.280. The Morgan fingerprint density at radius 2 is 1.85 bits per heavy atom. The smallest absolute Gasteiger partial charge is 0.267 e. The Morgan fingerprint density at radius 3 is 2.64 bits per heavy atom. The molecule has 0 aromatic heterocycles. The summed E-state index contributed by atoms with van der Waals surface area (Å²) in [6.45, 7) is 3.82. The maximum Gasteiger partial charge on any atom is 0.267 e. The maximum atomic E-state index is 13.3. The van der Waals surface area contributed by atoms with Crippen molar-refractivity contribution in [2.75, 3.05) is 22.8 Å². The lowest BCUT2D eigenvalue weighted by Gasteiger charge is -2.34. The summed E-state index contributed by atoms with van der Waals surface area (Å²) < 4.78 is 39.2. The van der Waals surface area contributed by atoms with E-state index in [1.165, 1.54) is 4.31 Å². The van der Waals surface area contributed by atoms with Gasteiger partial charge in [0.15, 0.2) is 6.10 Å². The quantitative estimate of drug-likeness (QED) is 0.510. The van der Waals surface area contributed by atoms with Crippen molar-refractivity contribution in [3.05, 3.63) is 97.1 Å².